The lowest BCUT2D eigenvalue weighted by Gasteiger charge is -2.44. The van der Waals surface area contributed by atoms with Gasteiger partial charge in [0.15, 0.2) is 6.10 Å². The Bertz CT molecular complexity index is 1090. The Morgan fingerprint density at radius 2 is 2.03 bits per heavy atom. The van der Waals surface area contributed by atoms with E-state index in [0.29, 0.717) is 11.4 Å². The fourth-order valence-corrected chi connectivity index (χ4v) is 4.40. The van der Waals surface area contributed by atoms with Crippen LogP contribution in [0.25, 0.3) is 11.3 Å². The maximum atomic E-state index is 11.5. The van der Waals surface area contributed by atoms with Crippen molar-refractivity contribution in [2.75, 3.05) is 4.90 Å². The predicted molar refractivity (Wildman–Crippen MR) is 113 cm³/mol. The topological polar surface area (TPSA) is 128 Å². The molecule has 0 saturated carbocycles. The minimum atomic E-state index is -1.59. The highest BCUT2D eigenvalue weighted by molar-refractivity contribution is 7.80. The van der Waals surface area contributed by atoms with Crippen LogP contribution in [0.3, 0.4) is 0 Å². The summed E-state index contributed by atoms with van der Waals surface area (Å²) in [6.07, 6.45) is -5.77. The Labute approximate surface area is 183 Å². The molecule has 0 aliphatic carbocycles. The van der Waals surface area contributed by atoms with E-state index in [1.54, 1.807) is 10.6 Å². The molecule has 0 spiro atoms. The number of rotatable bonds is 3. The van der Waals surface area contributed by atoms with Crippen molar-refractivity contribution in [3.8, 4) is 17.3 Å². The van der Waals surface area contributed by atoms with Crippen LogP contribution in [0.2, 0.25) is 0 Å². The number of nitriles is 1. The van der Waals surface area contributed by atoms with Gasteiger partial charge in [-0.05, 0) is 49.0 Å². The molecular formula is C21H21N3O6S. The Kier molecular flexibility index (Phi) is 5.45. The standard InChI is InChI=1S/C21H21N3O6S/c1-10-13-7-11(14-6-4-12(9-22)23(14)2)3-5-15(13)24(21(31)29-10)17-8-16(25)18(26)19(30-17)20(27)28/h3-7,10,16-19,25-26H,8H2,1-2H3,(H,27,28)/t10-,16-,17-,18+,19+/m1/s1. The molecule has 9 nitrogen and oxygen atoms in total. The van der Waals surface area contributed by atoms with Gasteiger partial charge in [-0.3, -0.25) is 4.90 Å². The number of aliphatic hydroxyl groups excluding tert-OH is 2. The zero-order chi connectivity index (χ0) is 22.4. The van der Waals surface area contributed by atoms with E-state index in [9.17, 15) is 25.4 Å². The zero-order valence-corrected chi connectivity index (χ0v) is 17.6. The van der Waals surface area contributed by atoms with Crippen LogP contribution in [0.1, 0.15) is 30.7 Å². The average molecular weight is 443 g/mol. The number of hydrogen-bond acceptors (Lipinski definition) is 7. The number of aromatic nitrogens is 1. The summed E-state index contributed by atoms with van der Waals surface area (Å²) in [5.41, 5.74) is 3.71. The lowest BCUT2D eigenvalue weighted by molar-refractivity contribution is -0.192. The third kappa shape index (κ3) is 3.55. The van der Waals surface area contributed by atoms with E-state index in [0.717, 1.165) is 16.8 Å². The highest BCUT2D eigenvalue weighted by Crippen LogP contribution is 2.40. The molecule has 3 N–H and O–H groups in total. The summed E-state index contributed by atoms with van der Waals surface area (Å²) in [6, 6.07) is 11.4. The second-order valence-corrected chi connectivity index (χ2v) is 7.94. The van der Waals surface area contributed by atoms with Crippen molar-refractivity contribution in [1.29, 1.82) is 5.26 Å². The van der Waals surface area contributed by atoms with E-state index in [1.807, 2.05) is 38.2 Å². The minimum Gasteiger partial charge on any atom is -0.479 e. The first kappa shape index (κ1) is 21.3. The third-order valence-electron chi connectivity index (χ3n) is 5.71. The molecule has 3 heterocycles. The van der Waals surface area contributed by atoms with Crippen LogP contribution >= 0.6 is 12.2 Å². The fourth-order valence-electron chi connectivity index (χ4n) is 4.04. The van der Waals surface area contributed by atoms with Gasteiger partial charge in [0.05, 0.1) is 11.8 Å². The Balaban J connectivity index is 1.73. The van der Waals surface area contributed by atoms with Gasteiger partial charge < -0.3 is 29.4 Å². The molecule has 0 bridgehead atoms. The van der Waals surface area contributed by atoms with Crippen molar-refractivity contribution >= 4 is 29.0 Å². The Hall–Kier alpha value is -2.97. The first-order valence-electron chi connectivity index (χ1n) is 9.67. The normalized spacial score (nSPS) is 27.9. The summed E-state index contributed by atoms with van der Waals surface area (Å²) in [5.74, 6) is -1.37. The lowest BCUT2D eigenvalue weighted by atomic mass is 9.97. The van der Waals surface area contributed by atoms with Gasteiger partial charge in [-0.15, -0.1) is 0 Å². The highest BCUT2D eigenvalue weighted by Gasteiger charge is 2.45. The van der Waals surface area contributed by atoms with Crippen LogP contribution in [0.5, 0.6) is 0 Å². The molecule has 2 aliphatic heterocycles. The minimum absolute atomic E-state index is 0.0483. The number of aliphatic carboxylic acids is 1. The first-order valence-corrected chi connectivity index (χ1v) is 10.1. The molecule has 10 heteroatoms. The van der Waals surface area contributed by atoms with Gasteiger partial charge >= 0.3 is 5.97 Å². The molecule has 1 fully saturated rings. The van der Waals surface area contributed by atoms with Crippen LogP contribution in [0, 0.1) is 11.3 Å². The van der Waals surface area contributed by atoms with Gasteiger partial charge in [0, 0.05) is 24.7 Å². The molecule has 1 aromatic heterocycles. The Morgan fingerprint density at radius 1 is 1.29 bits per heavy atom. The molecule has 2 aliphatic rings. The maximum absolute atomic E-state index is 11.5. The molecule has 0 amide bonds. The number of nitrogens with zero attached hydrogens (tertiary/aromatic N) is 3. The van der Waals surface area contributed by atoms with Crippen LogP contribution in [0.4, 0.5) is 5.69 Å². The van der Waals surface area contributed by atoms with Gasteiger partial charge in [-0.1, -0.05) is 6.07 Å². The molecule has 2 aromatic rings. The highest BCUT2D eigenvalue weighted by atomic mass is 32.1. The summed E-state index contributed by atoms with van der Waals surface area (Å²) < 4.78 is 13.2. The molecular weight excluding hydrogens is 422 g/mol. The summed E-state index contributed by atoms with van der Waals surface area (Å²) in [4.78, 5) is 13.0. The molecule has 31 heavy (non-hydrogen) atoms. The van der Waals surface area contributed by atoms with E-state index >= 15 is 0 Å². The third-order valence-corrected chi connectivity index (χ3v) is 6.01. The number of carboxylic acid groups (broad SMARTS) is 1. The van der Waals surface area contributed by atoms with Crippen LogP contribution in [-0.2, 0) is 21.3 Å². The van der Waals surface area contributed by atoms with Gasteiger partial charge in [0.2, 0.25) is 0 Å². The molecule has 162 valence electrons. The number of ether oxygens (including phenoxy) is 2. The van der Waals surface area contributed by atoms with Crippen LogP contribution < -0.4 is 4.90 Å². The van der Waals surface area contributed by atoms with Crippen molar-refractivity contribution in [3.63, 3.8) is 0 Å². The average Bonchev–Trinajstić information content (AvgIpc) is 3.10. The second kappa shape index (κ2) is 7.94. The van der Waals surface area contributed by atoms with Crippen molar-refractivity contribution in [1.82, 2.24) is 4.57 Å². The van der Waals surface area contributed by atoms with Crippen molar-refractivity contribution in [2.45, 2.75) is 44.0 Å². The Morgan fingerprint density at radius 3 is 2.68 bits per heavy atom. The smallest absolute Gasteiger partial charge is 0.335 e. The number of thiocarbonyl (C=S) groups is 1. The summed E-state index contributed by atoms with van der Waals surface area (Å²) >= 11 is 5.39. The molecule has 0 radical (unpaired) electrons. The summed E-state index contributed by atoms with van der Waals surface area (Å²) in [6.45, 7) is 1.85. The summed E-state index contributed by atoms with van der Waals surface area (Å²) in [7, 11) is 1.81. The van der Waals surface area contributed by atoms with Gasteiger partial charge in [0.25, 0.3) is 5.17 Å². The van der Waals surface area contributed by atoms with E-state index in [2.05, 4.69) is 6.07 Å². The molecule has 1 aromatic carbocycles. The van der Waals surface area contributed by atoms with Gasteiger partial charge in [-0.2, -0.15) is 5.26 Å². The number of carboxylic acids is 1. The fraction of sp³-hybridized carbons (Fsp3) is 0.381. The van der Waals surface area contributed by atoms with E-state index < -0.39 is 30.5 Å². The van der Waals surface area contributed by atoms with Gasteiger partial charge in [0.1, 0.15) is 30.2 Å². The summed E-state index contributed by atoms with van der Waals surface area (Å²) in [5, 5.41) is 38.8. The number of fused-ring (bicyclic) bond motifs is 1. The van der Waals surface area contributed by atoms with E-state index in [4.69, 9.17) is 21.7 Å². The van der Waals surface area contributed by atoms with E-state index in [-0.39, 0.29) is 17.7 Å². The van der Waals surface area contributed by atoms with E-state index in [1.165, 1.54) is 4.90 Å². The van der Waals surface area contributed by atoms with Crippen LogP contribution in [-0.4, -0.2) is 55.6 Å². The lowest BCUT2D eigenvalue weighted by Crippen LogP contribution is -2.58. The van der Waals surface area contributed by atoms with Gasteiger partial charge in [-0.25, -0.2) is 4.79 Å². The van der Waals surface area contributed by atoms with Crippen molar-refractivity contribution in [2.24, 2.45) is 7.05 Å². The van der Waals surface area contributed by atoms with Crippen LogP contribution in [0.15, 0.2) is 30.3 Å². The number of benzene rings is 1. The van der Waals surface area contributed by atoms with Crippen molar-refractivity contribution in [3.05, 3.63) is 41.6 Å². The predicted octanol–water partition coefficient (Wildman–Crippen LogP) is 1.67. The second-order valence-electron chi connectivity index (χ2n) is 7.59. The zero-order valence-electron chi connectivity index (χ0n) is 16.8. The number of carbonyl (C=O) groups is 1. The quantitative estimate of drug-likeness (QED) is 0.607. The number of anilines is 1. The number of hydrogen-bond donors (Lipinski definition) is 3. The number of aliphatic hydroxyl groups is 2. The molecule has 5 atom stereocenters. The van der Waals surface area contributed by atoms with Crippen molar-refractivity contribution < 1.29 is 29.6 Å². The first-order chi connectivity index (χ1) is 14.7. The maximum Gasteiger partial charge on any atom is 0.335 e. The SMILES string of the molecule is C[C@H]1OC(=S)N([C@H]2C[C@@H](O)[C@H](O)[C@@H](C(=O)O)O2)c2ccc(-c3ccc(C#N)n3C)cc21. The molecule has 1 saturated heterocycles. The molecule has 0 unspecified atom stereocenters. The largest absolute Gasteiger partial charge is 0.479 e. The molecule has 4 rings (SSSR count). The monoisotopic (exact) mass is 443 g/mol.